The first kappa shape index (κ1) is 89.2. The number of carboxylic acids is 2. The van der Waals surface area contributed by atoms with Gasteiger partial charge in [0.25, 0.3) is 0 Å². The Morgan fingerprint density at radius 3 is 1.02 bits per heavy atom. The van der Waals surface area contributed by atoms with E-state index in [-0.39, 0.29) is 110 Å². The summed E-state index contributed by atoms with van der Waals surface area (Å²) in [6, 6.07) is 6.05. The van der Waals surface area contributed by atoms with Crippen LogP contribution < -0.4 is 0 Å². The van der Waals surface area contributed by atoms with Crippen LogP contribution in [0.25, 0.3) is 5.32 Å². The monoisotopic (exact) mass is 1060 g/mol. The van der Waals surface area contributed by atoms with Gasteiger partial charge in [-0.15, -0.1) is 5.54 Å². The molecular weight excluding hydrogens is 959 g/mol. The third-order valence-electron chi connectivity index (χ3n) is 7.67. The van der Waals surface area contributed by atoms with E-state index < -0.39 is 27.8 Å². The van der Waals surface area contributed by atoms with E-state index in [9.17, 15) is 14.4 Å². The maximum Gasteiger partial charge on any atom is 2.00 e. The van der Waals surface area contributed by atoms with Gasteiger partial charge in [-0.2, -0.15) is 0 Å². The Labute approximate surface area is 428 Å². The van der Waals surface area contributed by atoms with E-state index in [0.717, 1.165) is 16.8 Å². The van der Waals surface area contributed by atoms with E-state index in [1.54, 1.807) is 0 Å². The summed E-state index contributed by atoms with van der Waals surface area (Å²) in [6.07, 6.45) is 4.76. The Kier molecular flexibility index (Phi) is 60.9. The van der Waals surface area contributed by atoms with Crippen LogP contribution in [0.5, 0.6) is 0 Å². The first-order valence-electron chi connectivity index (χ1n) is 21.5. The molecule has 0 saturated heterocycles. The molecule has 390 valence electrons. The Morgan fingerprint density at radius 2 is 0.841 bits per heavy atom. The van der Waals surface area contributed by atoms with Gasteiger partial charge in [0.1, 0.15) is 5.71 Å². The predicted molar refractivity (Wildman–Crippen MR) is 283 cm³/mol. The molecule has 1 aromatic rings. The van der Waals surface area contributed by atoms with Gasteiger partial charge in [0.05, 0.1) is 38.4 Å². The minimum absolute atomic E-state index is 0. The van der Waals surface area contributed by atoms with Gasteiger partial charge in [0.2, 0.25) is 0 Å². The van der Waals surface area contributed by atoms with Crippen LogP contribution in [0.4, 0.5) is 5.69 Å². The van der Waals surface area contributed by atoms with Crippen molar-refractivity contribution < 1.29 is 74.1 Å². The fourth-order valence-corrected chi connectivity index (χ4v) is 13.2. The maximum absolute atomic E-state index is 12.0. The van der Waals surface area contributed by atoms with E-state index in [4.69, 9.17) is 10.2 Å². The molecule has 12 heteroatoms. The number of hydrogen-bond donors (Lipinski definition) is 2. The topological polar surface area (TPSA) is 118 Å². The Bertz CT molecular complexity index is 1230. The molecule has 0 spiro atoms. The van der Waals surface area contributed by atoms with Crippen molar-refractivity contribution in [1.29, 1.82) is 0 Å². The molecular formula is C51H106N2Ni3O5P2. The number of rotatable bonds is 8. The van der Waals surface area contributed by atoms with Crippen molar-refractivity contribution in [3.63, 3.8) is 0 Å². The zero-order chi connectivity index (χ0) is 46.9. The number of carboxylic acid groups (broad SMARTS) is 2. The molecule has 0 atom stereocenters. The quantitative estimate of drug-likeness (QED) is 0.116. The molecule has 0 aliphatic carbocycles. The molecule has 0 aliphatic heterocycles. The molecule has 0 bridgehead atoms. The van der Waals surface area contributed by atoms with Gasteiger partial charge in [-0.1, -0.05) is 127 Å². The number of aliphatic carboxylic acids is 2. The summed E-state index contributed by atoms with van der Waals surface area (Å²) >= 11 is 0. The second-order valence-electron chi connectivity index (χ2n) is 20.6. The molecule has 0 aliphatic rings. The molecule has 1 aromatic carbocycles. The number of aliphatic imine (C=N–C) groups is 1. The largest absolute Gasteiger partial charge is 2.00 e. The summed E-state index contributed by atoms with van der Waals surface area (Å²) in [6.45, 7) is 55.0. The zero-order valence-electron chi connectivity index (χ0n) is 46.4. The van der Waals surface area contributed by atoms with Gasteiger partial charge in [-0.25, -0.2) is 14.6 Å². The molecule has 63 heavy (non-hydrogen) atoms. The summed E-state index contributed by atoms with van der Waals surface area (Å²) < 4.78 is 0. The van der Waals surface area contributed by atoms with Gasteiger partial charge in [0, 0.05) is 48.8 Å². The molecule has 7 nitrogen and oxygen atoms in total. The number of hydrogen-bond acceptors (Lipinski definition) is 4. The number of para-hydroxylation sites is 1. The second kappa shape index (κ2) is 43.0. The number of benzene rings is 1. The molecule has 0 saturated carbocycles. The normalized spacial score (nSPS) is 10.9. The van der Waals surface area contributed by atoms with Crippen LogP contribution in [0.1, 0.15) is 222 Å². The van der Waals surface area contributed by atoms with Gasteiger partial charge in [-0.05, 0) is 113 Å². The molecule has 0 fully saturated rings. The third-order valence-corrected chi connectivity index (χ3v) is 16.2. The average Bonchev–Trinajstić information content (AvgIpc) is 2.97. The van der Waals surface area contributed by atoms with E-state index in [1.807, 2.05) is 39.0 Å². The molecule has 0 unspecified atom stereocenters. The molecule has 0 radical (unpaired) electrons. The van der Waals surface area contributed by atoms with Gasteiger partial charge in [-0.3, -0.25) is 0 Å². The van der Waals surface area contributed by atoms with Crippen molar-refractivity contribution in [2.24, 2.45) is 4.99 Å². The van der Waals surface area contributed by atoms with Crippen LogP contribution in [-0.2, 0) is 63.9 Å². The van der Waals surface area contributed by atoms with Crippen LogP contribution in [0, 0.1) is 22.3 Å². The minimum Gasteiger partial charge on any atom is -0.646 e. The van der Waals surface area contributed by atoms with Crippen molar-refractivity contribution in [3.8, 4) is 0 Å². The number of carbonyl (C=O) groups is 3. The Morgan fingerprint density at radius 1 is 0.587 bits per heavy atom. The molecule has 1 amide bonds. The van der Waals surface area contributed by atoms with Crippen LogP contribution in [0.3, 0.4) is 0 Å². The summed E-state index contributed by atoms with van der Waals surface area (Å²) in [5.41, 5.74) is 2.90. The predicted octanol–water partition coefficient (Wildman–Crippen LogP) is 17.1. The summed E-state index contributed by atoms with van der Waals surface area (Å²) in [5, 5.41) is 22.8. The van der Waals surface area contributed by atoms with E-state index in [2.05, 4.69) is 163 Å². The van der Waals surface area contributed by atoms with Crippen LogP contribution in [0.15, 0.2) is 23.2 Å². The van der Waals surface area contributed by atoms with Crippen molar-refractivity contribution >= 4 is 45.1 Å². The fraction of sp³-hybridized carbons (Fsp3) is 0.745. The molecule has 2 N–H and O–H groups in total. The third kappa shape index (κ3) is 49.4. The summed E-state index contributed by atoms with van der Waals surface area (Å²) in [7, 11) is -1.66. The molecule has 0 heterocycles. The van der Waals surface area contributed by atoms with E-state index in [0.29, 0.717) is 24.2 Å². The Hall–Kier alpha value is -0.359. The maximum atomic E-state index is 12.0. The SMILES string of the molecule is CC(=Nc1c(C(C)C)cccc1C(C)C)C(=O)O.CC(C)(C)[N-]C(=O)C[PH+](C(C)(C)C)C(C)(C)C.CC(C)(C)[PH+](CC(=O)O)C(C)(C)C.CCC.CCC.CCC.[CH3-].[CH3-].[CH3-].[Ni+2].[Ni].[Ni]. The summed E-state index contributed by atoms with van der Waals surface area (Å²) in [4.78, 5) is 38.0. The Balaban J connectivity index is -0.0000000629. The van der Waals surface area contributed by atoms with Crippen molar-refractivity contribution in [3.05, 3.63) is 56.9 Å². The molecule has 1 rings (SSSR count). The van der Waals surface area contributed by atoms with Crippen LogP contribution >= 0.6 is 15.8 Å². The van der Waals surface area contributed by atoms with Crippen molar-refractivity contribution in [2.45, 2.75) is 237 Å². The van der Waals surface area contributed by atoms with Crippen molar-refractivity contribution in [2.75, 3.05) is 12.3 Å². The number of carbonyl (C=O) groups excluding carboxylic acids is 1. The van der Waals surface area contributed by atoms with Crippen LogP contribution in [0.2, 0.25) is 0 Å². The average molecular weight is 1070 g/mol. The van der Waals surface area contributed by atoms with Crippen molar-refractivity contribution in [1.82, 2.24) is 0 Å². The van der Waals surface area contributed by atoms with E-state index in [1.165, 1.54) is 26.2 Å². The van der Waals surface area contributed by atoms with Crippen LogP contribution in [-0.4, -0.2) is 72.3 Å². The standard InChI is InChI=1S/C15H21NO2.C14H30NOP.C10H21O2P.3C3H8.3CH3.3Ni/c1-9(2)12-7-6-8-13(10(3)4)14(12)16-11(5)15(17)18;1-12(2,3)15-11(16)10-17(13(4,5)6)14(7,8)9;1-9(2,3)13(7-8(11)12)10(4,5)6;3*1-3-2;;;;;;/h6-10H,1-5H3,(H,17,18);10H2,1-9H3,(H,15,16);7H2,1-6H3,(H,11,12);3*3H2,1-2H3;3*1H3;;;/q;;;;;;3*-1;;;+2/p+1. The number of amides is 1. The first-order chi connectivity index (χ1) is 25.4. The zero-order valence-corrected chi connectivity index (χ0v) is 51.3. The van der Waals surface area contributed by atoms with Gasteiger partial charge < -0.3 is 42.6 Å². The van der Waals surface area contributed by atoms with Gasteiger partial charge in [0.15, 0.2) is 6.16 Å². The van der Waals surface area contributed by atoms with Gasteiger partial charge >= 0.3 is 28.4 Å². The molecule has 0 aromatic heterocycles. The summed E-state index contributed by atoms with van der Waals surface area (Å²) in [5.74, 6) is -0.897. The number of nitrogens with zero attached hydrogens (tertiary/aromatic N) is 2. The van der Waals surface area contributed by atoms with E-state index >= 15 is 0 Å². The first-order valence-corrected chi connectivity index (χ1v) is 24.9. The second-order valence-corrected chi connectivity index (χ2v) is 29.2. The smallest absolute Gasteiger partial charge is 0.646 e. The fourth-order valence-electron chi connectivity index (χ4n) is 5.88. The minimum atomic E-state index is -0.969.